The van der Waals surface area contributed by atoms with E-state index in [0.717, 1.165) is 6.26 Å². The van der Waals surface area contributed by atoms with Crippen LogP contribution in [0.15, 0.2) is 29.6 Å². The van der Waals surface area contributed by atoms with Crippen LogP contribution < -0.4 is 5.73 Å². The van der Waals surface area contributed by atoms with Crippen LogP contribution in [0.2, 0.25) is 5.02 Å². The molecule has 0 spiro atoms. The lowest BCUT2D eigenvalue weighted by Gasteiger charge is -2.03. The molecule has 0 saturated heterocycles. The predicted octanol–water partition coefficient (Wildman–Crippen LogP) is 0.906. The first kappa shape index (κ1) is 11.9. The fourth-order valence-electron chi connectivity index (χ4n) is 1.25. The maximum absolute atomic E-state index is 11.3. The van der Waals surface area contributed by atoms with E-state index in [4.69, 9.17) is 17.3 Å². The van der Waals surface area contributed by atoms with Crippen molar-refractivity contribution in [1.29, 1.82) is 0 Å². The zero-order chi connectivity index (χ0) is 12.6. The van der Waals surface area contributed by atoms with Crippen molar-refractivity contribution in [1.82, 2.24) is 14.8 Å². The van der Waals surface area contributed by atoms with Crippen molar-refractivity contribution in [3.63, 3.8) is 0 Å². The van der Waals surface area contributed by atoms with Gasteiger partial charge in [0.25, 0.3) is 0 Å². The summed E-state index contributed by atoms with van der Waals surface area (Å²) in [5.74, 6) is 0.337. The molecule has 0 amide bonds. The molecule has 17 heavy (non-hydrogen) atoms. The summed E-state index contributed by atoms with van der Waals surface area (Å²) in [5.41, 5.74) is 6.03. The van der Waals surface area contributed by atoms with Crippen LogP contribution in [0.25, 0.3) is 5.82 Å². The van der Waals surface area contributed by atoms with Crippen LogP contribution in [0.4, 0.5) is 5.69 Å². The quantitative estimate of drug-likeness (QED) is 0.877. The Hall–Kier alpha value is -1.60. The number of rotatable bonds is 2. The van der Waals surface area contributed by atoms with E-state index in [-0.39, 0.29) is 4.90 Å². The molecule has 0 aliphatic heterocycles. The molecular weight excluding hydrogens is 264 g/mol. The molecule has 0 aliphatic rings. The van der Waals surface area contributed by atoms with Crippen LogP contribution in [0.1, 0.15) is 0 Å². The normalized spacial score (nSPS) is 11.6. The van der Waals surface area contributed by atoms with Crippen LogP contribution in [0, 0.1) is 0 Å². The van der Waals surface area contributed by atoms with Crippen molar-refractivity contribution < 1.29 is 8.42 Å². The number of anilines is 1. The molecule has 2 heterocycles. The molecule has 0 atom stereocenters. The topological polar surface area (TPSA) is 90.9 Å². The lowest BCUT2D eigenvalue weighted by Crippen LogP contribution is -2.03. The Morgan fingerprint density at radius 2 is 2.12 bits per heavy atom. The standard InChI is InChI=1S/C9H9ClN4O2S/c1-17(15,16)7-4-13-14(5-7)9-8(11)2-6(10)3-12-9/h2-5H,11H2,1H3. The first-order valence-corrected chi connectivity index (χ1v) is 6.81. The molecule has 0 aliphatic carbocycles. The van der Waals surface area contributed by atoms with Crippen LogP contribution in [-0.2, 0) is 9.84 Å². The smallest absolute Gasteiger partial charge is 0.178 e. The molecule has 90 valence electrons. The number of nitrogens with two attached hydrogens (primary N) is 1. The van der Waals surface area contributed by atoms with Crippen molar-refractivity contribution in [2.75, 3.05) is 12.0 Å². The van der Waals surface area contributed by atoms with Gasteiger partial charge in [-0.2, -0.15) is 5.10 Å². The molecule has 2 aromatic heterocycles. The van der Waals surface area contributed by atoms with Gasteiger partial charge in [-0.3, -0.25) is 0 Å². The van der Waals surface area contributed by atoms with Crippen LogP contribution in [0.5, 0.6) is 0 Å². The van der Waals surface area contributed by atoms with Crippen LogP contribution >= 0.6 is 11.6 Å². The Bertz CT molecular complexity index is 665. The summed E-state index contributed by atoms with van der Waals surface area (Å²) in [5, 5.41) is 4.30. The Labute approximate surface area is 103 Å². The van der Waals surface area contributed by atoms with Gasteiger partial charge in [-0.05, 0) is 6.07 Å². The van der Waals surface area contributed by atoms with E-state index in [1.54, 1.807) is 0 Å². The molecule has 2 N–H and O–H groups in total. The first-order valence-electron chi connectivity index (χ1n) is 4.54. The zero-order valence-corrected chi connectivity index (χ0v) is 10.4. The maximum Gasteiger partial charge on any atom is 0.178 e. The summed E-state index contributed by atoms with van der Waals surface area (Å²) in [6.45, 7) is 0. The highest BCUT2D eigenvalue weighted by Gasteiger charge is 2.12. The molecule has 2 rings (SSSR count). The van der Waals surface area contributed by atoms with Crippen molar-refractivity contribution in [2.45, 2.75) is 4.90 Å². The highest BCUT2D eigenvalue weighted by molar-refractivity contribution is 7.90. The number of hydrogen-bond acceptors (Lipinski definition) is 5. The SMILES string of the molecule is CS(=O)(=O)c1cnn(-c2ncc(Cl)cc2N)c1. The Morgan fingerprint density at radius 3 is 2.65 bits per heavy atom. The van der Waals surface area contributed by atoms with Crippen molar-refractivity contribution in [3.05, 3.63) is 29.7 Å². The highest BCUT2D eigenvalue weighted by atomic mass is 35.5. The third kappa shape index (κ3) is 2.40. The van der Waals surface area contributed by atoms with E-state index < -0.39 is 9.84 Å². The highest BCUT2D eigenvalue weighted by Crippen LogP contribution is 2.19. The molecule has 0 aromatic carbocycles. The van der Waals surface area contributed by atoms with E-state index in [0.29, 0.717) is 16.5 Å². The molecule has 8 heteroatoms. The number of pyridine rings is 1. The fourth-order valence-corrected chi connectivity index (χ4v) is 1.95. The second kappa shape index (κ2) is 4.01. The molecule has 0 unspecified atom stereocenters. The minimum atomic E-state index is -3.29. The lowest BCUT2D eigenvalue weighted by atomic mass is 10.4. The number of sulfone groups is 1. The minimum Gasteiger partial charge on any atom is -0.396 e. The summed E-state index contributed by atoms with van der Waals surface area (Å²) in [7, 11) is -3.29. The van der Waals surface area contributed by atoms with Gasteiger partial charge in [0.1, 0.15) is 4.90 Å². The summed E-state index contributed by atoms with van der Waals surface area (Å²) < 4.78 is 23.9. The van der Waals surface area contributed by atoms with Crippen LogP contribution in [-0.4, -0.2) is 29.4 Å². The second-order valence-electron chi connectivity index (χ2n) is 3.46. The van der Waals surface area contributed by atoms with Gasteiger partial charge in [-0.25, -0.2) is 18.1 Å². The van der Waals surface area contributed by atoms with E-state index in [2.05, 4.69) is 10.1 Å². The van der Waals surface area contributed by atoms with Gasteiger partial charge in [-0.1, -0.05) is 11.6 Å². The third-order valence-electron chi connectivity index (χ3n) is 2.07. The van der Waals surface area contributed by atoms with Gasteiger partial charge in [-0.15, -0.1) is 0 Å². The summed E-state index contributed by atoms with van der Waals surface area (Å²) in [6.07, 6.45) is 5.11. The van der Waals surface area contributed by atoms with Gasteiger partial charge < -0.3 is 5.73 Å². The number of aromatic nitrogens is 3. The second-order valence-corrected chi connectivity index (χ2v) is 5.91. The van der Waals surface area contributed by atoms with Gasteiger partial charge in [0, 0.05) is 12.5 Å². The predicted molar refractivity (Wildman–Crippen MR) is 63.9 cm³/mol. The number of nitrogen functional groups attached to an aromatic ring is 1. The minimum absolute atomic E-state index is 0.105. The summed E-state index contributed by atoms with van der Waals surface area (Å²) in [6, 6.07) is 1.52. The van der Waals surface area contributed by atoms with Gasteiger partial charge in [0.2, 0.25) is 0 Å². The summed E-state index contributed by atoms with van der Waals surface area (Å²) >= 11 is 5.71. The first-order chi connectivity index (χ1) is 7.88. The van der Waals surface area contributed by atoms with E-state index in [9.17, 15) is 8.42 Å². The van der Waals surface area contributed by atoms with Crippen molar-refractivity contribution in [3.8, 4) is 5.82 Å². The number of nitrogens with zero attached hydrogens (tertiary/aromatic N) is 3. The summed E-state index contributed by atoms with van der Waals surface area (Å²) in [4.78, 5) is 4.10. The average Bonchev–Trinajstić information content (AvgIpc) is 2.65. The molecular formula is C9H9ClN4O2S. The fraction of sp³-hybridized carbons (Fsp3) is 0.111. The van der Waals surface area contributed by atoms with Gasteiger partial charge in [0.05, 0.1) is 23.1 Å². The van der Waals surface area contributed by atoms with Gasteiger partial charge in [0.15, 0.2) is 15.7 Å². The molecule has 6 nitrogen and oxygen atoms in total. The number of hydrogen-bond donors (Lipinski definition) is 1. The Morgan fingerprint density at radius 1 is 1.41 bits per heavy atom. The van der Waals surface area contributed by atoms with Gasteiger partial charge >= 0.3 is 0 Å². The third-order valence-corrected chi connectivity index (χ3v) is 3.34. The molecule has 0 radical (unpaired) electrons. The molecule has 0 fully saturated rings. The van der Waals surface area contributed by atoms with Crippen LogP contribution in [0.3, 0.4) is 0 Å². The zero-order valence-electron chi connectivity index (χ0n) is 8.83. The average molecular weight is 273 g/mol. The molecule has 0 bridgehead atoms. The maximum atomic E-state index is 11.3. The van der Waals surface area contributed by atoms with Crippen molar-refractivity contribution >= 4 is 27.1 Å². The molecule has 2 aromatic rings. The molecule has 0 saturated carbocycles. The van der Waals surface area contributed by atoms with E-state index in [1.165, 1.54) is 29.3 Å². The monoisotopic (exact) mass is 272 g/mol. The van der Waals surface area contributed by atoms with Crippen molar-refractivity contribution in [2.24, 2.45) is 0 Å². The Kier molecular flexibility index (Phi) is 2.80. The number of halogens is 1. The largest absolute Gasteiger partial charge is 0.396 e. The van der Waals surface area contributed by atoms with E-state index in [1.807, 2.05) is 0 Å². The van der Waals surface area contributed by atoms with E-state index >= 15 is 0 Å². The Balaban J connectivity index is 2.51. The lowest BCUT2D eigenvalue weighted by molar-refractivity contribution is 0.602.